The Labute approximate surface area is 146 Å². The third-order valence-corrected chi connectivity index (χ3v) is 4.14. The molecule has 2 N–H and O–H groups in total. The standard InChI is InChI=1S/C19H21NO5/c1-4-19(18(22)23,13-8-6-5-7-9-13)20-17(21)15-11-10-14(24-2)12-16(15)25-3/h5-12H,4H2,1-3H3,(H,20,21)(H,22,23). The summed E-state index contributed by atoms with van der Waals surface area (Å²) in [5.41, 5.74) is -0.785. The van der Waals surface area contributed by atoms with Crippen molar-refractivity contribution in [2.75, 3.05) is 14.2 Å². The lowest BCUT2D eigenvalue weighted by atomic mass is 9.86. The van der Waals surface area contributed by atoms with Gasteiger partial charge >= 0.3 is 5.97 Å². The van der Waals surface area contributed by atoms with Crippen LogP contribution in [0.5, 0.6) is 11.5 Å². The van der Waals surface area contributed by atoms with Crippen molar-refractivity contribution in [1.29, 1.82) is 0 Å². The highest BCUT2D eigenvalue weighted by molar-refractivity contribution is 6.00. The summed E-state index contributed by atoms with van der Waals surface area (Å²) in [6.45, 7) is 1.71. The summed E-state index contributed by atoms with van der Waals surface area (Å²) in [7, 11) is 2.95. The lowest BCUT2D eigenvalue weighted by Crippen LogP contribution is -2.51. The first kappa shape index (κ1) is 18.3. The van der Waals surface area contributed by atoms with Crippen LogP contribution in [0.1, 0.15) is 29.3 Å². The molecular weight excluding hydrogens is 322 g/mol. The highest BCUT2D eigenvalue weighted by atomic mass is 16.5. The first-order valence-electron chi connectivity index (χ1n) is 7.82. The Hall–Kier alpha value is -3.02. The minimum atomic E-state index is -1.52. The highest BCUT2D eigenvalue weighted by Crippen LogP contribution is 2.29. The molecule has 0 aliphatic carbocycles. The van der Waals surface area contributed by atoms with E-state index in [9.17, 15) is 14.7 Å². The Morgan fingerprint density at radius 2 is 1.76 bits per heavy atom. The molecule has 0 saturated carbocycles. The van der Waals surface area contributed by atoms with E-state index in [1.165, 1.54) is 14.2 Å². The van der Waals surface area contributed by atoms with Crippen LogP contribution < -0.4 is 14.8 Å². The van der Waals surface area contributed by atoms with E-state index in [0.717, 1.165) is 0 Å². The number of hydrogen-bond donors (Lipinski definition) is 2. The normalized spacial score (nSPS) is 12.8. The van der Waals surface area contributed by atoms with Gasteiger partial charge < -0.3 is 19.9 Å². The van der Waals surface area contributed by atoms with Crippen molar-refractivity contribution in [3.8, 4) is 11.5 Å². The Kier molecular flexibility index (Phi) is 5.64. The van der Waals surface area contributed by atoms with Crippen molar-refractivity contribution in [1.82, 2.24) is 5.32 Å². The number of rotatable bonds is 7. The summed E-state index contributed by atoms with van der Waals surface area (Å²) in [5.74, 6) is -0.814. The van der Waals surface area contributed by atoms with E-state index in [1.54, 1.807) is 55.5 Å². The molecule has 6 heteroatoms. The van der Waals surface area contributed by atoms with Gasteiger partial charge in [-0.1, -0.05) is 37.3 Å². The smallest absolute Gasteiger partial charge is 0.334 e. The van der Waals surface area contributed by atoms with E-state index >= 15 is 0 Å². The maximum atomic E-state index is 12.8. The Bertz CT molecular complexity index is 760. The van der Waals surface area contributed by atoms with Gasteiger partial charge in [0.2, 0.25) is 0 Å². The van der Waals surface area contributed by atoms with E-state index in [1.807, 2.05) is 0 Å². The summed E-state index contributed by atoms with van der Waals surface area (Å²) in [6, 6.07) is 13.4. The first-order valence-corrected chi connectivity index (χ1v) is 7.82. The highest BCUT2D eigenvalue weighted by Gasteiger charge is 2.40. The number of amides is 1. The molecule has 1 atom stereocenters. The minimum absolute atomic E-state index is 0.191. The number of carbonyl (C=O) groups excluding carboxylic acids is 1. The summed E-state index contributed by atoms with van der Waals surface area (Å²) >= 11 is 0. The van der Waals surface area contributed by atoms with Crippen LogP contribution in [0.4, 0.5) is 0 Å². The second-order valence-electron chi connectivity index (χ2n) is 5.45. The van der Waals surface area contributed by atoms with Crippen molar-refractivity contribution in [2.24, 2.45) is 0 Å². The second-order valence-corrected chi connectivity index (χ2v) is 5.45. The molecule has 0 aliphatic rings. The zero-order chi connectivity index (χ0) is 18.4. The Balaban J connectivity index is 2.43. The van der Waals surface area contributed by atoms with Crippen molar-refractivity contribution in [3.05, 3.63) is 59.7 Å². The van der Waals surface area contributed by atoms with E-state index in [2.05, 4.69) is 5.32 Å². The van der Waals surface area contributed by atoms with E-state index in [4.69, 9.17) is 9.47 Å². The third kappa shape index (κ3) is 3.57. The summed E-state index contributed by atoms with van der Waals surface area (Å²) in [5, 5.41) is 12.5. The molecule has 0 aliphatic heterocycles. The molecule has 25 heavy (non-hydrogen) atoms. The van der Waals surface area contributed by atoms with Gasteiger partial charge in [0.05, 0.1) is 19.8 Å². The summed E-state index contributed by atoms with van der Waals surface area (Å²) in [6.07, 6.45) is 0.191. The van der Waals surface area contributed by atoms with Crippen LogP contribution in [-0.2, 0) is 10.3 Å². The number of methoxy groups -OCH3 is 2. The zero-order valence-corrected chi connectivity index (χ0v) is 14.4. The first-order chi connectivity index (χ1) is 12.0. The number of nitrogens with one attached hydrogen (secondary N) is 1. The molecule has 1 amide bonds. The van der Waals surface area contributed by atoms with Crippen molar-refractivity contribution < 1.29 is 24.2 Å². The monoisotopic (exact) mass is 343 g/mol. The quantitative estimate of drug-likeness (QED) is 0.807. The topological polar surface area (TPSA) is 84.9 Å². The fourth-order valence-corrected chi connectivity index (χ4v) is 2.66. The molecule has 2 aromatic carbocycles. The number of carbonyl (C=O) groups is 2. The molecule has 132 valence electrons. The van der Waals surface area contributed by atoms with Crippen LogP contribution in [0.2, 0.25) is 0 Å². The van der Waals surface area contributed by atoms with Crippen LogP contribution >= 0.6 is 0 Å². The van der Waals surface area contributed by atoms with Gasteiger partial charge in [0.15, 0.2) is 5.54 Å². The van der Waals surface area contributed by atoms with Crippen molar-refractivity contribution >= 4 is 11.9 Å². The molecule has 6 nitrogen and oxygen atoms in total. The van der Waals surface area contributed by atoms with Gasteiger partial charge in [-0.2, -0.15) is 0 Å². The van der Waals surface area contributed by atoms with Crippen molar-refractivity contribution in [2.45, 2.75) is 18.9 Å². The van der Waals surface area contributed by atoms with E-state index in [0.29, 0.717) is 17.1 Å². The Morgan fingerprint density at radius 1 is 1.08 bits per heavy atom. The van der Waals surface area contributed by atoms with Crippen LogP contribution in [0.15, 0.2) is 48.5 Å². The van der Waals surface area contributed by atoms with Crippen molar-refractivity contribution in [3.63, 3.8) is 0 Å². The number of carboxylic acids is 1. The number of benzene rings is 2. The molecule has 0 bridgehead atoms. The maximum absolute atomic E-state index is 12.8. The molecule has 2 aromatic rings. The molecule has 0 radical (unpaired) electrons. The van der Waals surface area contributed by atoms with Crippen LogP contribution in [0.25, 0.3) is 0 Å². The zero-order valence-electron chi connectivity index (χ0n) is 14.4. The number of hydrogen-bond acceptors (Lipinski definition) is 4. The summed E-state index contributed by atoms with van der Waals surface area (Å²) < 4.78 is 10.4. The van der Waals surface area contributed by atoms with Gasteiger partial charge in [0.1, 0.15) is 11.5 Å². The van der Waals surface area contributed by atoms with Gasteiger partial charge in [-0.05, 0) is 24.1 Å². The van der Waals surface area contributed by atoms with Gasteiger partial charge in [0.25, 0.3) is 5.91 Å². The molecule has 0 fully saturated rings. The minimum Gasteiger partial charge on any atom is -0.497 e. The number of ether oxygens (including phenoxy) is 2. The number of aliphatic carboxylic acids is 1. The number of carboxylic acid groups (broad SMARTS) is 1. The third-order valence-electron chi connectivity index (χ3n) is 4.14. The van der Waals surface area contributed by atoms with Gasteiger partial charge in [0, 0.05) is 6.07 Å². The molecule has 2 rings (SSSR count). The molecule has 1 unspecified atom stereocenters. The molecular formula is C19H21NO5. The molecule has 0 heterocycles. The fourth-order valence-electron chi connectivity index (χ4n) is 2.66. The van der Waals surface area contributed by atoms with E-state index in [-0.39, 0.29) is 12.0 Å². The molecule has 0 aromatic heterocycles. The predicted octanol–water partition coefficient (Wildman–Crippen LogP) is 2.82. The van der Waals surface area contributed by atoms with E-state index < -0.39 is 17.4 Å². The predicted molar refractivity (Wildman–Crippen MR) is 93.1 cm³/mol. The van der Waals surface area contributed by atoms with Gasteiger partial charge in [-0.25, -0.2) is 4.79 Å². The largest absolute Gasteiger partial charge is 0.497 e. The lowest BCUT2D eigenvalue weighted by molar-refractivity contribution is -0.145. The molecule has 0 saturated heterocycles. The average Bonchev–Trinajstić information content (AvgIpc) is 2.65. The lowest BCUT2D eigenvalue weighted by Gasteiger charge is -2.30. The second kappa shape index (κ2) is 7.70. The van der Waals surface area contributed by atoms with Crippen LogP contribution in [-0.4, -0.2) is 31.2 Å². The molecule has 0 spiro atoms. The maximum Gasteiger partial charge on any atom is 0.334 e. The average molecular weight is 343 g/mol. The van der Waals surface area contributed by atoms with Crippen LogP contribution in [0, 0.1) is 0 Å². The fraction of sp³-hybridized carbons (Fsp3) is 0.263. The summed E-state index contributed by atoms with van der Waals surface area (Å²) in [4.78, 5) is 24.8. The van der Waals surface area contributed by atoms with Gasteiger partial charge in [-0.3, -0.25) is 4.79 Å². The Morgan fingerprint density at radius 3 is 2.28 bits per heavy atom. The SMILES string of the molecule is CCC(NC(=O)c1ccc(OC)cc1OC)(C(=O)O)c1ccccc1. The van der Waals surface area contributed by atoms with Crippen LogP contribution in [0.3, 0.4) is 0 Å². The van der Waals surface area contributed by atoms with Gasteiger partial charge in [-0.15, -0.1) is 0 Å².